The van der Waals surface area contributed by atoms with Gasteiger partial charge >= 0.3 is 170 Å². The molecule has 0 bridgehead atoms. The van der Waals surface area contributed by atoms with Crippen LogP contribution in [0.4, 0.5) is 5.69 Å². The molecular weight excluding hydrogens is 437 g/mol. The molecule has 0 saturated heterocycles. The number of carbonyl (C=O) groups is 2. The van der Waals surface area contributed by atoms with Crippen molar-refractivity contribution in [3.05, 3.63) is 66.2 Å². The summed E-state index contributed by atoms with van der Waals surface area (Å²) in [7, 11) is 0. The zero-order chi connectivity index (χ0) is 21.2. The standard InChI is InChI=1S/C21H20AsNO6/c1-13(17-9-5-7-15-6-3-4-8-18(15)17)21(26)29-22(27,28)19-11-10-16(25)12-20(19)23-14(2)24/h3-13,25H,1-2H3,(H,23,24)(H,27,28). The summed E-state index contributed by atoms with van der Waals surface area (Å²) in [5, 5.41) is 13.8. The normalized spacial score (nSPS) is 14.0. The molecule has 0 saturated carbocycles. The first-order valence-electron chi connectivity index (χ1n) is 8.84. The molecule has 3 aromatic rings. The van der Waals surface area contributed by atoms with Gasteiger partial charge in [0.2, 0.25) is 0 Å². The summed E-state index contributed by atoms with van der Waals surface area (Å²) in [5.41, 5.74) is 0.601. The van der Waals surface area contributed by atoms with E-state index >= 15 is 0 Å². The van der Waals surface area contributed by atoms with Crippen LogP contribution in [-0.4, -0.2) is 35.3 Å². The second kappa shape index (κ2) is 8.15. The molecular formula is C21H20AsNO6. The number of fused-ring (bicyclic) bond motifs is 1. The monoisotopic (exact) mass is 457 g/mol. The fraction of sp³-hybridized carbons (Fsp3) is 0.143. The number of hydrogen-bond donors (Lipinski definition) is 3. The average Bonchev–Trinajstić information content (AvgIpc) is 2.66. The van der Waals surface area contributed by atoms with Gasteiger partial charge in [-0.15, -0.1) is 0 Å². The number of hydrogen-bond acceptors (Lipinski definition) is 5. The number of nitrogens with one attached hydrogen (secondary N) is 1. The van der Waals surface area contributed by atoms with E-state index < -0.39 is 32.0 Å². The molecule has 0 spiro atoms. The first kappa shape index (κ1) is 20.7. The van der Waals surface area contributed by atoms with Crippen molar-refractivity contribution in [1.82, 2.24) is 0 Å². The fourth-order valence-corrected chi connectivity index (χ4v) is 5.56. The Balaban J connectivity index is 1.91. The topological polar surface area (TPSA) is 113 Å². The summed E-state index contributed by atoms with van der Waals surface area (Å²) >= 11 is -5.37. The van der Waals surface area contributed by atoms with E-state index in [4.69, 9.17) is 3.73 Å². The van der Waals surface area contributed by atoms with Gasteiger partial charge in [0, 0.05) is 0 Å². The summed E-state index contributed by atoms with van der Waals surface area (Å²) < 4.78 is 28.2. The van der Waals surface area contributed by atoms with Crippen molar-refractivity contribution in [2.24, 2.45) is 0 Å². The Kier molecular flexibility index (Phi) is 5.82. The van der Waals surface area contributed by atoms with Crippen molar-refractivity contribution in [2.75, 3.05) is 5.32 Å². The van der Waals surface area contributed by atoms with Crippen molar-refractivity contribution in [3.63, 3.8) is 0 Å². The van der Waals surface area contributed by atoms with Crippen LogP contribution in [0, 0.1) is 0 Å². The van der Waals surface area contributed by atoms with Gasteiger partial charge in [-0.2, -0.15) is 0 Å². The average molecular weight is 457 g/mol. The van der Waals surface area contributed by atoms with Gasteiger partial charge in [0.05, 0.1) is 0 Å². The van der Waals surface area contributed by atoms with E-state index in [1.54, 1.807) is 19.1 Å². The zero-order valence-electron chi connectivity index (χ0n) is 15.8. The quantitative estimate of drug-likeness (QED) is 0.508. The number of phenols is 1. The van der Waals surface area contributed by atoms with E-state index in [0.717, 1.165) is 22.9 Å². The summed E-state index contributed by atoms with van der Waals surface area (Å²) in [4.78, 5) is 24.1. The molecule has 0 aromatic heterocycles. The fourth-order valence-electron chi connectivity index (χ4n) is 3.07. The maximum absolute atomic E-state index is 12.9. The van der Waals surface area contributed by atoms with E-state index in [1.165, 1.54) is 13.0 Å². The van der Waals surface area contributed by atoms with Crippen LogP contribution in [0.3, 0.4) is 0 Å². The summed E-state index contributed by atoms with van der Waals surface area (Å²) in [6.45, 7) is 2.82. The van der Waals surface area contributed by atoms with Crippen LogP contribution in [-0.2, 0) is 17.1 Å². The Bertz CT molecular complexity index is 1140. The van der Waals surface area contributed by atoms with Gasteiger partial charge in [0.1, 0.15) is 0 Å². The van der Waals surface area contributed by atoms with E-state index in [0.29, 0.717) is 5.56 Å². The minimum atomic E-state index is -5.37. The van der Waals surface area contributed by atoms with E-state index in [2.05, 4.69) is 5.32 Å². The Morgan fingerprint density at radius 3 is 2.48 bits per heavy atom. The van der Waals surface area contributed by atoms with E-state index in [-0.39, 0.29) is 15.8 Å². The number of aromatic hydroxyl groups is 1. The number of amides is 1. The van der Waals surface area contributed by atoms with Crippen LogP contribution in [0.5, 0.6) is 5.75 Å². The SMILES string of the molecule is CC(=O)Nc1cc(O)ccc1[As](=O)(O)OC(=O)C(C)c1cccc2ccccc12. The van der Waals surface area contributed by atoms with Gasteiger partial charge in [0.15, 0.2) is 0 Å². The molecule has 0 radical (unpaired) electrons. The molecule has 150 valence electrons. The van der Waals surface area contributed by atoms with Crippen molar-refractivity contribution in [2.45, 2.75) is 19.8 Å². The van der Waals surface area contributed by atoms with Gasteiger partial charge in [-0.1, -0.05) is 0 Å². The summed E-state index contributed by atoms with van der Waals surface area (Å²) in [6, 6.07) is 16.5. The number of carbonyl (C=O) groups excluding carboxylic acids is 2. The third kappa shape index (κ3) is 4.53. The Morgan fingerprint density at radius 2 is 1.76 bits per heavy atom. The number of benzene rings is 3. The molecule has 1 amide bonds. The van der Waals surface area contributed by atoms with Gasteiger partial charge in [-0.05, 0) is 0 Å². The summed E-state index contributed by atoms with van der Waals surface area (Å²) in [6.07, 6.45) is 0. The predicted octanol–water partition coefficient (Wildman–Crippen LogP) is 2.42. The first-order valence-corrected chi connectivity index (χ1v) is 12.1. The second-order valence-corrected chi connectivity index (χ2v) is 10.2. The third-order valence-corrected chi connectivity index (χ3v) is 7.44. The predicted molar refractivity (Wildman–Crippen MR) is 109 cm³/mol. The molecule has 3 aromatic carbocycles. The van der Waals surface area contributed by atoms with Gasteiger partial charge < -0.3 is 0 Å². The summed E-state index contributed by atoms with van der Waals surface area (Å²) in [5.74, 6) is -2.34. The van der Waals surface area contributed by atoms with Gasteiger partial charge in [0.25, 0.3) is 0 Å². The van der Waals surface area contributed by atoms with Crippen molar-refractivity contribution < 1.29 is 26.3 Å². The van der Waals surface area contributed by atoms with E-state index in [9.17, 15) is 22.5 Å². The van der Waals surface area contributed by atoms with Crippen LogP contribution in [0.2, 0.25) is 0 Å². The van der Waals surface area contributed by atoms with Gasteiger partial charge in [-0.3, -0.25) is 0 Å². The van der Waals surface area contributed by atoms with Crippen LogP contribution in [0.25, 0.3) is 10.8 Å². The van der Waals surface area contributed by atoms with Crippen LogP contribution in [0.15, 0.2) is 60.7 Å². The molecule has 2 atom stereocenters. The molecule has 0 aliphatic heterocycles. The maximum atomic E-state index is 12.9. The van der Waals surface area contributed by atoms with Crippen molar-refractivity contribution in [3.8, 4) is 5.75 Å². The van der Waals surface area contributed by atoms with Crippen LogP contribution < -0.4 is 9.67 Å². The van der Waals surface area contributed by atoms with Crippen LogP contribution >= 0.6 is 0 Å². The molecule has 0 aliphatic rings. The number of phenolic OH excluding ortho intramolecular Hbond substituents is 1. The Morgan fingerprint density at radius 1 is 1.07 bits per heavy atom. The molecule has 7 nitrogen and oxygen atoms in total. The molecule has 3 rings (SSSR count). The van der Waals surface area contributed by atoms with E-state index in [1.807, 2.05) is 30.3 Å². The first-order chi connectivity index (χ1) is 13.7. The molecule has 0 fully saturated rings. The second-order valence-electron chi connectivity index (χ2n) is 6.60. The number of anilines is 1. The number of rotatable bonds is 5. The molecule has 8 heteroatoms. The minimum absolute atomic E-state index is 0.0758. The molecule has 0 aliphatic carbocycles. The van der Waals surface area contributed by atoms with Crippen molar-refractivity contribution >= 4 is 46.9 Å². The molecule has 0 heterocycles. The molecule has 2 unspecified atom stereocenters. The molecule has 29 heavy (non-hydrogen) atoms. The Labute approximate surface area is 170 Å². The molecule has 3 N–H and O–H groups in total. The third-order valence-electron chi connectivity index (χ3n) is 4.45. The van der Waals surface area contributed by atoms with Gasteiger partial charge in [-0.25, -0.2) is 0 Å². The Hall–Kier alpha value is -3.02. The zero-order valence-corrected chi connectivity index (χ0v) is 17.7. The van der Waals surface area contributed by atoms with Crippen LogP contribution in [0.1, 0.15) is 25.3 Å². The van der Waals surface area contributed by atoms with Crippen molar-refractivity contribution in [1.29, 1.82) is 0 Å².